The van der Waals surface area contributed by atoms with Crippen LogP contribution in [-0.2, 0) is 18.9 Å². The molecule has 4 aromatic heterocycles. The number of anilines is 2. The number of aryl methyl sites for hydroxylation is 1. The minimum Gasteiger partial charge on any atom is -0.338 e. The van der Waals surface area contributed by atoms with Gasteiger partial charge in [-0.3, -0.25) is 24.0 Å². The molecule has 0 saturated carbocycles. The topological polar surface area (TPSA) is 133 Å². The number of hydrogen-bond donors (Lipinski definition) is 1. The lowest BCUT2D eigenvalue weighted by Gasteiger charge is -2.20. The lowest BCUT2D eigenvalue weighted by atomic mass is 10.2. The molecule has 5 heterocycles. The maximum absolute atomic E-state index is 13.0. The first-order valence-corrected chi connectivity index (χ1v) is 12.1. The first kappa shape index (κ1) is 22.9. The molecule has 2 atom stereocenters. The Morgan fingerprint density at radius 1 is 1.17 bits per heavy atom. The van der Waals surface area contributed by atoms with Crippen molar-refractivity contribution in [1.82, 2.24) is 33.9 Å². The quantitative estimate of drug-likeness (QED) is 0.441. The summed E-state index contributed by atoms with van der Waals surface area (Å²) in [6.07, 6.45) is 7.33. The molecule has 5 rings (SSSR count). The van der Waals surface area contributed by atoms with E-state index in [9.17, 15) is 14.4 Å². The van der Waals surface area contributed by atoms with Crippen LogP contribution in [0.5, 0.6) is 0 Å². The van der Waals surface area contributed by atoms with Crippen molar-refractivity contribution in [1.29, 1.82) is 0 Å². The van der Waals surface area contributed by atoms with Crippen molar-refractivity contribution < 1.29 is 4.79 Å². The molecule has 1 amide bonds. The van der Waals surface area contributed by atoms with E-state index in [1.165, 1.54) is 23.0 Å². The summed E-state index contributed by atoms with van der Waals surface area (Å²) in [5.74, 6) is 0.337. The van der Waals surface area contributed by atoms with Crippen LogP contribution >= 0.6 is 11.3 Å². The Hall–Kier alpha value is -3.87. The van der Waals surface area contributed by atoms with Crippen LogP contribution in [0.3, 0.4) is 0 Å². The predicted octanol–water partition coefficient (Wildman–Crippen LogP) is 1.54. The second-order valence-electron chi connectivity index (χ2n) is 8.70. The van der Waals surface area contributed by atoms with E-state index in [4.69, 9.17) is 0 Å². The zero-order chi connectivity index (χ0) is 24.9. The van der Waals surface area contributed by atoms with Crippen molar-refractivity contribution in [2.24, 2.45) is 14.1 Å². The second-order valence-corrected chi connectivity index (χ2v) is 9.67. The molecule has 0 radical (unpaired) electrons. The number of hydrogen-bond acceptors (Lipinski definition) is 9. The number of aromatic nitrogens is 7. The van der Waals surface area contributed by atoms with Gasteiger partial charge in [0, 0.05) is 50.8 Å². The average Bonchev–Trinajstić information content (AvgIpc) is 3.61. The highest BCUT2D eigenvalue weighted by atomic mass is 32.1. The summed E-state index contributed by atoms with van der Waals surface area (Å²) in [5.41, 5.74) is 0.568. The van der Waals surface area contributed by atoms with Gasteiger partial charge in [-0.15, -0.1) is 10.2 Å². The van der Waals surface area contributed by atoms with E-state index >= 15 is 0 Å². The fourth-order valence-electron chi connectivity index (χ4n) is 4.36. The Balaban J connectivity index is 1.34. The van der Waals surface area contributed by atoms with E-state index in [2.05, 4.69) is 37.3 Å². The normalized spacial score (nSPS) is 16.7. The highest BCUT2D eigenvalue weighted by Gasteiger charge is 2.24. The van der Waals surface area contributed by atoms with Gasteiger partial charge in [0.1, 0.15) is 11.6 Å². The first-order valence-electron chi connectivity index (χ1n) is 11.3. The molecule has 1 fully saturated rings. The van der Waals surface area contributed by atoms with E-state index in [1.807, 2.05) is 0 Å². The second kappa shape index (κ2) is 8.73. The molecule has 1 aliphatic heterocycles. The summed E-state index contributed by atoms with van der Waals surface area (Å²) in [6.45, 7) is 4.79. The Bertz CT molecular complexity index is 1530. The van der Waals surface area contributed by atoms with E-state index < -0.39 is 17.3 Å². The molecule has 12 nitrogen and oxygen atoms in total. The number of nitrogens with zero attached hydrogens (tertiary/aromatic N) is 8. The average molecular weight is 496 g/mol. The fourth-order valence-corrected chi connectivity index (χ4v) is 5.08. The summed E-state index contributed by atoms with van der Waals surface area (Å²) in [4.78, 5) is 49.0. The van der Waals surface area contributed by atoms with Crippen molar-refractivity contribution in [2.75, 3.05) is 16.8 Å². The number of carbonyl (C=O) groups is 1. The van der Waals surface area contributed by atoms with Crippen molar-refractivity contribution >= 4 is 39.4 Å². The van der Waals surface area contributed by atoms with Gasteiger partial charge in [-0.1, -0.05) is 11.3 Å². The van der Waals surface area contributed by atoms with Crippen LogP contribution in [0.1, 0.15) is 32.7 Å². The Kier molecular flexibility index (Phi) is 5.71. The molecule has 2 unspecified atom stereocenters. The maximum Gasteiger partial charge on any atom is 0.331 e. The monoisotopic (exact) mass is 495 g/mol. The van der Waals surface area contributed by atoms with Crippen molar-refractivity contribution in [3.05, 3.63) is 45.5 Å². The largest absolute Gasteiger partial charge is 0.338 e. The molecule has 1 saturated heterocycles. The lowest BCUT2D eigenvalue weighted by Crippen LogP contribution is -2.38. The smallest absolute Gasteiger partial charge is 0.331 e. The molecule has 1 N–H and O–H groups in total. The van der Waals surface area contributed by atoms with E-state index in [-0.39, 0.29) is 11.4 Å². The Morgan fingerprint density at radius 3 is 2.60 bits per heavy atom. The van der Waals surface area contributed by atoms with Crippen LogP contribution in [-0.4, -0.2) is 52.4 Å². The Labute approximate surface area is 203 Å². The SMILES string of the molecule is CC1CCCN1c1ncc(-c2nnc(NC(=O)C(C)n3ccc4c3c(=O)n(C)c(=O)n4C)s2)cn1. The van der Waals surface area contributed by atoms with Crippen molar-refractivity contribution in [2.45, 2.75) is 38.8 Å². The third-order valence-corrected chi connectivity index (χ3v) is 7.37. The predicted molar refractivity (Wildman–Crippen MR) is 133 cm³/mol. The standard InChI is InChI=1S/C22H25N9O3S/c1-12-6-5-8-30(12)20-23-10-14(11-24-20)18-26-27-21(35-18)25-17(32)13(2)31-9-7-15-16(31)19(33)29(4)22(34)28(15)3/h7,9-13H,5-6,8H2,1-4H3,(H,25,27,32). The fraction of sp³-hybridized carbons (Fsp3) is 0.409. The number of fused-ring (bicyclic) bond motifs is 1. The van der Waals surface area contributed by atoms with Gasteiger partial charge in [0.15, 0.2) is 5.01 Å². The van der Waals surface area contributed by atoms with Gasteiger partial charge in [-0.05, 0) is 32.8 Å². The van der Waals surface area contributed by atoms with Crippen LogP contribution < -0.4 is 21.5 Å². The van der Waals surface area contributed by atoms with Gasteiger partial charge >= 0.3 is 5.69 Å². The number of rotatable bonds is 5. The molecule has 0 spiro atoms. The molecule has 13 heteroatoms. The highest BCUT2D eigenvalue weighted by Crippen LogP contribution is 2.28. The summed E-state index contributed by atoms with van der Waals surface area (Å²) in [5, 5.41) is 11.9. The van der Waals surface area contributed by atoms with Crippen LogP contribution in [0.15, 0.2) is 34.2 Å². The van der Waals surface area contributed by atoms with Gasteiger partial charge in [0.05, 0.1) is 5.52 Å². The van der Waals surface area contributed by atoms with Crippen LogP contribution in [0.25, 0.3) is 21.6 Å². The van der Waals surface area contributed by atoms with Crippen molar-refractivity contribution in [3.63, 3.8) is 0 Å². The molecule has 0 bridgehead atoms. The summed E-state index contributed by atoms with van der Waals surface area (Å²) in [6, 6.07) is 1.35. The maximum atomic E-state index is 13.0. The van der Waals surface area contributed by atoms with Crippen LogP contribution in [0.2, 0.25) is 0 Å². The van der Waals surface area contributed by atoms with Gasteiger partial charge < -0.3 is 9.47 Å². The minimum atomic E-state index is -0.727. The summed E-state index contributed by atoms with van der Waals surface area (Å²) in [7, 11) is 3.00. The Morgan fingerprint density at radius 2 is 1.91 bits per heavy atom. The molecular weight excluding hydrogens is 470 g/mol. The van der Waals surface area contributed by atoms with E-state index in [0.29, 0.717) is 33.2 Å². The van der Waals surface area contributed by atoms with Gasteiger partial charge in [0.25, 0.3) is 5.56 Å². The lowest BCUT2D eigenvalue weighted by molar-refractivity contribution is -0.118. The first-order chi connectivity index (χ1) is 16.8. The molecular formula is C22H25N9O3S. The molecule has 4 aromatic rings. The third-order valence-electron chi connectivity index (χ3n) is 6.48. The van der Waals surface area contributed by atoms with Gasteiger partial charge in [-0.25, -0.2) is 14.8 Å². The van der Waals surface area contributed by atoms with E-state index in [0.717, 1.165) is 24.0 Å². The zero-order valence-corrected chi connectivity index (χ0v) is 20.6. The van der Waals surface area contributed by atoms with Gasteiger partial charge in [0.2, 0.25) is 17.0 Å². The number of carbonyl (C=O) groups excluding carboxylic acids is 1. The number of nitrogens with one attached hydrogen (secondary N) is 1. The minimum absolute atomic E-state index is 0.278. The molecule has 182 valence electrons. The molecule has 0 aliphatic carbocycles. The zero-order valence-electron chi connectivity index (χ0n) is 19.8. The van der Waals surface area contributed by atoms with Gasteiger partial charge in [-0.2, -0.15) is 0 Å². The van der Waals surface area contributed by atoms with Crippen LogP contribution in [0.4, 0.5) is 11.1 Å². The van der Waals surface area contributed by atoms with Crippen LogP contribution in [0, 0.1) is 0 Å². The van der Waals surface area contributed by atoms with Crippen molar-refractivity contribution in [3.8, 4) is 10.6 Å². The molecule has 35 heavy (non-hydrogen) atoms. The third kappa shape index (κ3) is 3.91. The molecule has 1 aliphatic rings. The molecule has 0 aromatic carbocycles. The van der Waals surface area contributed by atoms with E-state index in [1.54, 1.807) is 43.2 Å². The highest BCUT2D eigenvalue weighted by molar-refractivity contribution is 7.18. The summed E-state index contributed by atoms with van der Waals surface area (Å²) >= 11 is 1.21. The number of amides is 1. The summed E-state index contributed by atoms with van der Waals surface area (Å²) < 4.78 is 3.96.